The van der Waals surface area contributed by atoms with E-state index < -0.39 is 0 Å². The molecule has 2 aromatic carbocycles. The number of hydrogen-bond acceptors (Lipinski definition) is 3. The van der Waals surface area contributed by atoms with Crippen molar-refractivity contribution in [3.63, 3.8) is 0 Å². The highest BCUT2D eigenvalue weighted by molar-refractivity contribution is 5.94. The Morgan fingerprint density at radius 3 is 2.69 bits per heavy atom. The summed E-state index contributed by atoms with van der Waals surface area (Å²) in [5.74, 6) is -0.0764. The van der Waals surface area contributed by atoms with Crippen LogP contribution in [-0.2, 0) is 24.1 Å². The molecule has 0 bridgehead atoms. The largest absolute Gasteiger partial charge is 0.370 e. The fraction of sp³-hybridized carbons (Fsp3) is 0.333. The van der Waals surface area contributed by atoms with E-state index in [4.69, 9.17) is 9.84 Å². The van der Waals surface area contributed by atoms with E-state index in [-0.39, 0.29) is 12.0 Å². The summed E-state index contributed by atoms with van der Waals surface area (Å²) in [6, 6.07) is 18.1. The lowest BCUT2D eigenvalue weighted by Gasteiger charge is -2.22. The second-order valence-electron chi connectivity index (χ2n) is 7.49. The van der Waals surface area contributed by atoms with Crippen molar-refractivity contribution in [2.75, 3.05) is 13.2 Å². The molecule has 1 amide bonds. The van der Waals surface area contributed by atoms with Gasteiger partial charge in [0.05, 0.1) is 18.8 Å². The minimum Gasteiger partial charge on any atom is -0.370 e. The molecule has 1 unspecified atom stereocenters. The van der Waals surface area contributed by atoms with Crippen molar-refractivity contribution in [2.24, 2.45) is 0 Å². The predicted molar refractivity (Wildman–Crippen MR) is 113 cm³/mol. The molecule has 29 heavy (non-hydrogen) atoms. The summed E-state index contributed by atoms with van der Waals surface area (Å²) in [5, 5.41) is 7.76. The lowest BCUT2D eigenvalue weighted by Crippen LogP contribution is -2.31. The number of carbonyl (C=O) groups is 1. The molecule has 0 saturated heterocycles. The van der Waals surface area contributed by atoms with Crippen molar-refractivity contribution >= 4 is 5.91 Å². The highest BCUT2D eigenvalue weighted by Gasteiger charge is 2.25. The van der Waals surface area contributed by atoms with Gasteiger partial charge in [-0.25, -0.2) is 0 Å². The summed E-state index contributed by atoms with van der Waals surface area (Å²) in [5.41, 5.74) is 5.29. The number of ether oxygens (including phenoxy) is 1. The van der Waals surface area contributed by atoms with Crippen LogP contribution in [0, 0.1) is 0 Å². The minimum atomic E-state index is -0.209. The van der Waals surface area contributed by atoms with Gasteiger partial charge >= 0.3 is 0 Å². The highest BCUT2D eigenvalue weighted by atomic mass is 16.5. The normalized spacial score (nSPS) is 15.7. The number of rotatable bonds is 7. The van der Waals surface area contributed by atoms with Crippen LogP contribution in [0.4, 0.5) is 0 Å². The maximum atomic E-state index is 12.5. The van der Waals surface area contributed by atoms with Crippen LogP contribution in [0.3, 0.4) is 0 Å². The molecule has 150 valence electrons. The van der Waals surface area contributed by atoms with Crippen LogP contribution in [-0.4, -0.2) is 28.8 Å². The molecule has 1 N–H and O–H groups in total. The summed E-state index contributed by atoms with van der Waals surface area (Å²) in [6.07, 6.45) is 4.88. The van der Waals surface area contributed by atoms with Gasteiger partial charge in [-0.3, -0.25) is 9.48 Å². The molecule has 3 aromatic rings. The number of fused-ring (bicyclic) bond motifs is 1. The fourth-order valence-corrected chi connectivity index (χ4v) is 3.74. The predicted octanol–water partition coefficient (Wildman–Crippen LogP) is 3.93. The quantitative estimate of drug-likeness (QED) is 0.666. The third kappa shape index (κ3) is 4.74. The Hall–Kier alpha value is -2.92. The SMILES string of the molecule is CCCc1ccc(C(=O)NCC2OCCc3cn(Cc4ccccc4)nc32)cc1. The Morgan fingerprint density at radius 1 is 1.14 bits per heavy atom. The molecule has 1 aromatic heterocycles. The van der Waals surface area contributed by atoms with Gasteiger partial charge in [-0.1, -0.05) is 55.8 Å². The van der Waals surface area contributed by atoms with Gasteiger partial charge in [0, 0.05) is 18.3 Å². The Balaban J connectivity index is 1.39. The summed E-state index contributed by atoms with van der Waals surface area (Å²) < 4.78 is 7.88. The van der Waals surface area contributed by atoms with Crippen LogP contribution in [0.5, 0.6) is 0 Å². The summed E-state index contributed by atoms with van der Waals surface area (Å²) >= 11 is 0. The lowest BCUT2D eigenvalue weighted by atomic mass is 10.1. The molecule has 4 rings (SSSR count). The highest BCUT2D eigenvalue weighted by Crippen LogP contribution is 2.25. The first-order chi connectivity index (χ1) is 14.2. The van der Waals surface area contributed by atoms with Gasteiger partial charge in [-0.15, -0.1) is 0 Å². The van der Waals surface area contributed by atoms with Crippen LogP contribution >= 0.6 is 0 Å². The van der Waals surface area contributed by atoms with E-state index in [1.807, 2.05) is 47.1 Å². The van der Waals surface area contributed by atoms with Crippen molar-refractivity contribution in [1.29, 1.82) is 0 Å². The van der Waals surface area contributed by atoms with Crippen LogP contribution < -0.4 is 5.32 Å². The average molecular weight is 389 g/mol. The zero-order chi connectivity index (χ0) is 20.1. The van der Waals surface area contributed by atoms with Crippen molar-refractivity contribution in [2.45, 2.75) is 38.8 Å². The Bertz CT molecular complexity index is 948. The van der Waals surface area contributed by atoms with Crippen LogP contribution in [0.1, 0.15) is 52.2 Å². The molecule has 2 heterocycles. The zero-order valence-corrected chi connectivity index (χ0v) is 16.8. The summed E-state index contributed by atoms with van der Waals surface area (Å²) in [7, 11) is 0. The molecule has 1 atom stereocenters. The van der Waals surface area contributed by atoms with E-state index in [0.717, 1.165) is 31.5 Å². The number of benzene rings is 2. The molecule has 1 aliphatic rings. The van der Waals surface area contributed by atoms with Gasteiger partial charge in [0.15, 0.2) is 0 Å². The monoisotopic (exact) mass is 389 g/mol. The number of nitrogens with zero attached hydrogens (tertiary/aromatic N) is 2. The van der Waals surface area contributed by atoms with E-state index in [9.17, 15) is 4.79 Å². The second-order valence-corrected chi connectivity index (χ2v) is 7.49. The third-order valence-electron chi connectivity index (χ3n) is 5.26. The zero-order valence-electron chi connectivity index (χ0n) is 16.8. The first-order valence-corrected chi connectivity index (χ1v) is 10.3. The van der Waals surface area contributed by atoms with Crippen molar-refractivity contribution in [3.8, 4) is 0 Å². The van der Waals surface area contributed by atoms with E-state index in [1.54, 1.807) is 0 Å². The molecule has 0 spiro atoms. The Labute approximate surface area is 171 Å². The number of carbonyl (C=O) groups excluding carboxylic acids is 1. The molecular formula is C24H27N3O2. The van der Waals surface area contributed by atoms with Crippen LogP contribution in [0.15, 0.2) is 60.8 Å². The third-order valence-corrected chi connectivity index (χ3v) is 5.26. The van der Waals surface area contributed by atoms with Gasteiger partial charge in [0.1, 0.15) is 6.10 Å². The molecule has 0 aliphatic carbocycles. The number of nitrogens with one attached hydrogen (secondary N) is 1. The van der Waals surface area contributed by atoms with Crippen molar-refractivity contribution < 1.29 is 9.53 Å². The molecule has 5 heteroatoms. The molecule has 0 saturated carbocycles. The fourth-order valence-electron chi connectivity index (χ4n) is 3.74. The number of aromatic nitrogens is 2. The van der Waals surface area contributed by atoms with E-state index in [2.05, 4.69) is 30.6 Å². The van der Waals surface area contributed by atoms with Gasteiger partial charge in [-0.05, 0) is 41.7 Å². The number of aryl methyl sites for hydroxylation is 1. The van der Waals surface area contributed by atoms with E-state index in [1.165, 1.54) is 16.7 Å². The molecular weight excluding hydrogens is 362 g/mol. The van der Waals surface area contributed by atoms with Crippen molar-refractivity contribution in [1.82, 2.24) is 15.1 Å². The number of hydrogen-bond donors (Lipinski definition) is 1. The van der Waals surface area contributed by atoms with Gasteiger partial charge in [-0.2, -0.15) is 5.10 Å². The van der Waals surface area contributed by atoms with Gasteiger partial charge in [0.25, 0.3) is 5.91 Å². The maximum absolute atomic E-state index is 12.5. The van der Waals surface area contributed by atoms with Crippen LogP contribution in [0.2, 0.25) is 0 Å². The van der Waals surface area contributed by atoms with E-state index in [0.29, 0.717) is 18.7 Å². The Kier molecular flexibility index (Phi) is 6.06. The van der Waals surface area contributed by atoms with E-state index >= 15 is 0 Å². The lowest BCUT2D eigenvalue weighted by molar-refractivity contribution is 0.0383. The second kappa shape index (κ2) is 9.05. The van der Waals surface area contributed by atoms with Gasteiger partial charge in [0.2, 0.25) is 0 Å². The van der Waals surface area contributed by atoms with Gasteiger partial charge < -0.3 is 10.1 Å². The minimum absolute atomic E-state index is 0.0764. The maximum Gasteiger partial charge on any atom is 0.251 e. The molecule has 1 aliphatic heterocycles. The summed E-state index contributed by atoms with van der Waals surface area (Å²) in [6.45, 7) is 3.96. The standard InChI is InChI=1S/C24H27N3O2/c1-2-6-18-9-11-20(12-10-18)24(28)25-15-22-23-21(13-14-29-22)17-27(26-23)16-19-7-4-3-5-8-19/h3-5,7-12,17,22H,2,6,13-16H2,1H3,(H,25,28). The number of amides is 1. The molecule has 0 fully saturated rings. The topological polar surface area (TPSA) is 56.1 Å². The van der Waals surface area contributed by atoms with Crippen LogP contribution in [0.25, 0.3) is 0 Å². The summed E-state index contributed by atoms with van der Waals surface area (Å²) in [4.78, 5) is 12.5. The first-order valence-electron chi connectivity index (χ1n) is 10.3. The first kappa shape index (κ1) is 19.4. The Morgan fingerprint density at radius 2 is 1.93 bits per heavy atom. The van der Waals surface area contributed by atoms with Crippen molar-refractivity contribution in [3.05, 3.63) is 88.7 Å². The smallest absolute Gasteiger partial charge is 0.251 e. The molecule has 5 nitrogen and oxygen atoms in total. The average Bonchev–Trinajstić information content (AvgIpc) is 3.16. The molecule has 0 radical (unpaired) electrons.